The van der Waals surface area contributed by atoms with Gasteiger partial charge in [-0.1, -0.05) is 6.58 Å². The number of hydrogen-bond acceptors (Lipinski definition) is 2. The van der Waals surface area contributed by atoms with E-state index in [1.165, 1.54) is 5.32 Å². The molecule has 0 spiro atoms. The van der Waals surface area contributed by atoms with Crippen LogP contribution in [0.3, 0.4) is 0 Å². The third-order valence-corrected chi connectivity index (χ3v) is 0.817. The van der Waals surface area contributed by atoms with Gasteiger partial charge in [0.15, 0.2) is 0 Å². The standard InChI is InChI=1S/C6H9F2NO2/c1-3-5(10)9-6(7,8)4-11-2/h3H,1,4H2,2H3,(H,9,10). The fourth-order valence-corrected chi connectivity index (χ4v) is 0.449. The lowest BCUT2D eigenvalue weighted by atomic mass is 10.5. The molecule has 0 saturated carbocycles. The molecule has 0 radical (unpaired) electrons. The molecule has 0 aromatic rings. The second-order valence-electron chi connectivity index (χ2n) is 1.83. The van der Waals surface area contributed by atoms with E-state index in [1.807, 2.05) is 0 Å². The maximum Gasteiger partial charge on any atom is 0.348 e. The zero-order chi connectivity index (χ0) is 8.91. The van der Waals surface area contributed by atoms with Crippen molar-refractivity contribution in [3.05, 3.63) is 12.7 Å². The van der Waals surface area contributed by atoms with Gasteiger partial charge in [0.25, 0.3) is 0 Å². The van der Waals surface area contributed by atoms with Crippen molar-refractivity contribution >= 4 is 5.91 Å². The molecule has 0 aromatic carbocycles. The van der Waals surface area contributed by atoms with E-state index in [2.05, 4.69) is 11.3 Å². The van der Waals surface area contributed by atoms with Crippen LogP contribution in [-0.4, -0.2) is 25.7 Å². The molecule has 1 amide bonds. The molecule has 0 aliphatic heterocycles. The number of nitrogens with one attached hydrogen (secondary N) is 1. The van der Waals surface area contributed by atoms with Gasteiger partial charge in [-0.2, -0.15) is 8.78 Å². The number of carbonyl (C=O) groups is 1. The van der Waals surface area contributed by atoms with Crippen LogP contribution in [0.25, 0.3) is 0 Å². The summed E-state index contributed by atoms with van der Waals surface area (Å²) in [6, 6.07) is -3.32. The molecule has 0 atom stereocenters. The van der Waals surface area contributed by atoms with Gasteiger partial charge in [0, 0.05) is 7.11 Å². The quantitative estimate of drug-likeness (QED) is 0.487. The number of hydrogen-bond donors (Lipinski definition) is 1. The second kappa shape index (κ2) is 4.02. The molecule has 0 heterocycles. The van der Waals surface area contributed by atoms with Gasteiger partial charge >= 0.3 is 6.05 Å². The van der Waals surface area contributed by atoms with E-state index in [0.717, 1.165) is 13.2 Å². The topological polar surface area (TPSA) is 38.3 Å². The highest BCUT2D eigenvalue weighted by atomic mass is 19.3. The summed E-state index contributed by atoms with van der Waals surface area (Å²) in [7, 11) is 1.12. The first-order valence-electron chi connectivity index (χ1n) is 2.83. The van der Waals surface area contributed by atoms with Crippen LogP contribution in [0, 0.1) is 0 Å². The van der Waals surface area contributed by atoms with Crippen molar-refractivity contribution < 1.29 is 18.3 Å². The molecule has 0 rings (SSSR count). The minimum atomic E-state index is -3.32. The Balaban J connectivity index is 3.89. The van der Waals surface area contributed by atoms with Crippen LogP contribution < -0.4 is 5.32 Å². The maximum absolute atomic E-state index is 12.4. The van der Waals surface area contributed by atoms with E-state index in [-0.39, 0.29) is 0 Å². The molecule has 3 nitrogen and oxygen atoms in total. The van der Waals surface area contributed by atoms with Crippen molar-refractivity contribution in [1.29, 1.82) is 0 Å². The first-order valence-corrected chi connectivity index (χ1v) is 2.83. The highest BCUT2D eigenvalue weighted by molar-refractivity contribution is 5.87. The SMILES string of the molecule is C=CC(=O)NC(F)(F)COC. The van der Waals surface area contributed by atoms with Crippen molar-refractivity contribution in [2.24, 2.45) is 0 Å². The van der Waals surface area contributed by atoms with E-state index in [4.69, 9.17) is 0 Å². The Labute approximate surface area is 63.0 Å². The van der Waals surface area contributed by atoms with E-state index in [9.17, 15) is 13.6 Å². The summed E-state index contributed by atoms with van der Waals surface area (Å²) in [5, 5.41) is 1.39. The van der Waals surface area contributed by atoms with Crippen LogP contribution in [-0.2, 0) is 9.53 Å². The molecule has 0 aliphatic rings. The predicted molar refractivity (Wildman–Crippen MR) is 35.2 cm³/mol. The smallest absolute Gasteiger partial charge is 0.348 e. The van der Waals surface area contributed by atoms with Crippen molar-refractivity contribution in [3.63, 3.8) is 0 Å². The first-order chi connectivity index (χ1) is 5.02. The van der Waals surface area contributed by atoms with Crippen molar-refractivity contribution in [3.8, 4) is 0 Å². The van der Waals surface area contributed by atoms with E-state index >= 15 is 0 Å². The Bertz CT molecular complexity index is 159. The van der Waals surface area contributed by atoms with Gasteiger partial charge < -0.3 is 4.74 Å². The molecule has 11 heavy (non-hydrogen) atoms. The summed E-state index contributed by atoms with van der Waals surface area (Å²) in [5.74, 6) is -0.924. The molecule has 0 fully saturated rings. The average Bonchev–Trinajstić information content (AvgIpc) is 1.86. The Morgan fingerprint density at radius 2 is 2.36 bits per heavy atom. The van der Waals surface area contributed by atoms with Crippen LogP contribution in [0.4, 0.5) is 8.78 Å². The Hall–Kier alpha value is -0.970. The number of rotatable bonds is 4. The molecular formula is C6H9F2NO2. The predicted octanol–water partition coefficient (Wildman–Crippen LogP) is 0.528. The third-order valence-electron chi connectivity index (χ3n) is 0.817. The van der Waals surface area contributed by atoms with Gasteiger partial charge in [-0.05, 0) is 6.08 Å². The minimum Gasteiger partial charge on any atom is -0.376 e. The molecule has 64 valence electrons. The summed E-state index contributed by atoms with van der Waals surface area (Å²) in [5.41, 5.74) is 0. The lowest BCUT2D eigenvalue weighted by Gasteiger charge is -2.14. The van der Waals surface area contributed by atoms with Gasteiger partial charge in [0.05, 0.1) is 0 Å². The first kappa shape index (κ1) is 10.0. The Morgan fingerprint density at radius 1 is 1.82 bits per heavy atom. The number of alkyl halides is 2. The summed E-state index contributed by atoms with van der Waals surface area (Å²) < 4.78 is 28.9. The molecule has 0 unspecified atom stereocenters. The van der Waals surface area contributed by atoms with Crippen molar-refractivity contribution in [1.82, 2.24) is 5.32 Å². The molecule has 0 saturated heterocycles. The average molecular weight is 165 g/mol. The lowest BCUT2D eigenvalue weighted by molar-refractivity contribution is -0.135. The molecule has 5 heteroatoms. The highest BCUT2D eigenvalue weighted by Crippen LogP contribution is 2.08. The lowest BCUT2D eigenvalue weighted by Crippen LogP contribution is -2.43. The number of methoxy groups -OCH3 is 1. The van der Waals surface area contributed by atoms with Gasteiger partial charge in [-0.15, -0.1) is 0 Å². The molecule has 0 aromatic heterocycles. The third kappa shape index (κ3) is 4.44. The minimum absolute atomic E-state index is 0.767. The zero-order valence-corrected chi connectivity index (χ0v) is 6.06. The number of amides is 1. The molecule has 0 bridgehead atoms. The van der Waals surface area contributed by atoms with E-state index < -0.39 is 18.6 Å². The Kier molecular flexibility index (Phi) is 3.67. The maximum atomic E-state index is 12.4. The zero-order valence-electron chi connectivity index (χ0n) is 6.06. The van der Waals surface area contributed by atoms with Crippen LogP contribution >= 0.6 is 0 Å². The highest BCUT2D eigenvalue weighted by Gasteiger charge is 2.29. The van der Waals surface area contributed by atoms with E-state index in [0.29, 0.717) is 0 Å². The fraction of sp³-hybridized carbons (Fsp3) is 0.500. The van der Waals surface area contributed by atoms with Gasteiger partial charge in [-0.3, -0.25) is 10.1 Å². The van der Waals surface area contributed by atoms with Gasteiger partial charge in [0.1, 0.15) is 6.61 Å². The number of carbonyl (C=O) groups excluding carboxylic acids is 1. The second-order valence-corrected chi connectivity index (χ2v) is 1.83. The summed E-state index contributed by atoms with van der Waals surface area (Å²) in [4.78, 5) is 10.3. The van der Waals surface area contributed by atoms with Crippen molar-refractivity contribution in [2.75, 3.05) is 13.7 Å². The van der Waals surface area contributed by atoms with Crippen molar-refractivity contribution in [2.45, 2.75) is 6.05 Å². The van der Waals surface area contributed by atoms with Crippen LogP contribution in [0.5, 0.6) is 0 Å². The van der Waals surface area contributed by atoms with Crippen LogP contribution in [0.2, 0.25) is 0 Å². The summed E-state index contributed by atoms with van der Waals surface area (Å²) in [6.45, 7) is 2.18. The van der Waals surface area contributed by atoms with E-state index in [1.54, 1.807) is 0 Å². The number of ether oxygens (including phenoxy) is 1. The molecule has 1 N–H and O–H groups in total. The normalized spacial score (nSPS) is 10.8. The fourth-order valence-electron chi connectivity index (χ4n) is 0.449. The summed E-state index contributed by atoms with van der Waals surface area (Å²) >= 11 is 0. The van der Waals surface area contributed by atoms with Gasteiger partial charge in [-0.25, -0.2) is 0 Å². The molecular weight excluding hydrogens is 156 g/mol. The number of halogens is 2. The van der Waals surface area contributed by atoms with Gasteiger partial charge in [0.2, 0.25) is 5.91 Å². The Morgan fingerprint density at radius 3 is 2.73 bits per heavy atom. The monoisotopic (exact) mass is 165 g/mol. The summed E-state index contributed by atoms with van der Waals surface area (Å²) in [6.07, 6.45) is 0.767. The van der Waals surface area contributed by atoms with Crippen LogP contribution in [0.1, 0.15) is 0 Å². The largest absolute Gasteiger partial charge is 0.376 e. The molecule has 0 aliphatic carbocycles. The van der Waals surface area contributed by atoms with Crippen LogP contribution in [0.15, 0.2) is 12.7 Å².